The zero-order chi connectivity index (χ0) is 15.5. The quantitative estimate of drug-likeness (QED) is 0.879. The highest BCUT2D eigenvalue weighted by atomic mass is 32.1. The van der Waals surface area contributed by atoms with Crippen LogP contribution in [0.15, 0.2) is 42.5 Å². The molecule has 0 unspecified atom stereocenters. The Hall–Kier alpha value is -2.07. The first-order valence-corrected chi connectivity index (χ1v) is 7.91. The molecule has 1 aliphatic rings. The summed E-state index contributed by atoms with van der Waals surface area (Å²) in [6, 6.07) is 13.8. The highest BCUT2D eigenvalue weighted by molar-refractivity contribution is 7.80. The van der Waals surface area contributed by atoms with Gasteiger partial charge in [-0.1, -0.05) is 36.5 Å². The zero-order valence-corrected chi connectivity index (χ0v) is 13.4. The van der Waals surface area contributed by atoms with E-state index in [1.807, 2.05) is 19.1 Å². The Morgan fingerprint density at radius 2 is 2.00 bits per heavy atom. The lowest BCUT2D eigenvalue weighted by atomic mass is 9.99. The molecule has 2 aromatic rings. The van der Waals surface area contributed by atoms with Gasteiger partial charge in [0.15, 0.2) is 11.5 Å². The summed E-state index contributed by atoms with van der Waals surface area (Å²) in [5.41, 5.74) is 3.65. The monoisotopic (exact) mass is 313 g/mol. The van der Waals surface area contributed by atoms with E-state index in [-0.39, 0.29) is 5.75 Å². The van der Waals surface area contributed by atoms with Gasteiger partial charge in [-0.25, -0.2) is 0 Å². The van der Waals surface area contributed by atoms with Gasteiger partial charge in [-0.3, -0.25) is 0 Å². The van der Waals surface area contributed by atoms with E-state index in [0.29, 0.717) is 12.4 Å². The maximum atomic E-state index is 9.81. The Morgan fingerprint density at radius 3 is 2.77 bits per heavy atom. The number of rotatable bonds is 3. The summed E-state index contributed by atoms with van der Waals surface area (Å²) >= 11 is 5.65. The standard InChI is InChI=1S/C18H19NO2S/c1-2-21-17-11-14(7-8-16(17)20)18(22)19-10-9-13-5-3-4-6-15(13)12-19/h3-8,11,20H,2,9-10,12H2,1H3. The molecular formula is C18H19NO2S. The van der Waals surface area contributed by atoms with Gasteiger partial charge in [-0.15, -0.1) is 0 Å². The summed E-state index contributed by atoms with van der Waals surface area (Å²) in [6.07, 6.45) is 1.01. The molecule has 1 aliphatic heterocycles. The predicted octanol–water partition coefficient (Wildman–Crippen LogP) is 3.52. The smallest absolute Gasteiger partial charge is 0.161 e. The Bertz CT molecular complexity index is 699. The summed E-state index contributed by atoms with van der Waals surface area (Å²) in [5.74, 6) is 0.636. The third-order valence-corrected chi connectivity index (χ3v) is 4.42. The summed E-state index contributed by atoms with van der Waals surface area (Å²) in [6.45, 7) is 4.16. The van der Waals surface area contributed by atoms with Gasteiger partial charge in [0.1, 0.15) is 4.99 Å². The molecule has 0 aromatic heterocycles. The molecule has 0 amide bonds. The lowest BCUT2D eigenvalue weighted by Crippen LogP contribution is -2.35. The highest BCUT2D eigenvalue weighted by Gasteiger charge is 2.19. The van der Waals surface area contributed by atoms with Crippen LogP contribution in [0.4, 0.5) is 0 Å². The SMILES string of the molecule is CCOc1cc(C(=S)N2CCc3ccccc3C2)ccc1O. The van der Waals surface area contributed by atoms with Crippen molar-refractivity contribution in [3.63, 3.8) is 0 Å². The maximum absolute atomic E-state index is 9.81. The zero-order valence-electron chi connectivity index (χ0n) is 12.6. The second-order valence-electron chi connectivity index (χ2n) is 5.36. The third-order valence-electron chi connectivity index (χ3n) is 3.92. The number of ether oxygens (including phenoxy) is 1. The van der Waals surface area contributed by atoms with Crippen LogP contribution >= 0.6 is 12.2 Å². The van der Waals surface area contributed by atoms with Crippen molar-refractivity contribution in [2.75, 3.05) is 13.2 Å². The molecule has 0 saturated heterocycles. The van der Waals surface area contributed by atoms with Gasteiger partial charge in [0, 0.05) is 18.7 Å². The number of aromatic hydroxyl groups is 1. The van der Waals surface area contributed by atoms with Crippen LogP contribution in [0.3, 0.4) is 0 Å². The molecule has 0 fully saturated rings. The molecule has 3 nitrogen and oxygen atoms in total. The summed E-state index contributed by atoms with van der Waals surface area (Å²) < 4.78 is 5.44. The summed E-state index contributed by atoms with van der Waals surface area (Å²) in [4.78, 5) is 3.01. The van der Waals surface area contributed by atoms with Crippen molar-refractivity contribution >= 4 is 17.2 Å². The number of benzene rings is 2. The largest absolute Gasteiger partial charge is 0.504 e. The Kier molecular flexibility index (Phi) is 4.29. The summed E-state index contributed by atoms with van der Waals surface area (Å²) in [7, 11) is 0. The van der Waals surface area contributed by atoms with Crippen LogP contribution in [0.5, 0.6) is 11.5 Å². The molecule has 0 atom stereocenters. The van der Waals surface area contributed by atoms with Crippen LogP contribution in [0, 0.1) is 0 Å². The summed E-state index contributed by atoms with van der Waals surface area (Å²) in [5, 5.41) is 9.81. The lowest BCUT2D eigenvalue weighted by Gasteiger charge is -2.31. The molecule has 114 valence electrons. The minimum atomic E-state index is 0.150. The topological polar surface area (TPSA) is 32.7 Å². The molecule has 3 rings (SSSR count). The van der Waals surface area contributed by atoms with Gasteiger partial charge in [0.2, 0.25) is 0 Å². The Balaban J connectivity index is 1.82. The van der Waals surface area contributed by atoms with Crippen molar-refractivity contribution in [1.82, 2.24) is 4.90 Å². The van der Waals surface area contributed by atoms with Gasteiger partial charge in [0.05, 0.1) is 6.61 Å². The van der Waals surface area contributed by atoms with Gasteiger partial charge in [-0.2, -0.15) is 0 Å². The molecule has 1 heterocycles. The van der Waals surface area contributed by atoms with E-state index in [1.54, 1.807) is 6.07 Å². The van der Waals surface area contributed by atoms with Crippen LogP contribution in [0.2, 0.25) is 0 Å². The van der Waals surface area contributed by atoms with E-state index in [0.717, 1.165) is 30.1 Å². The maximum Gasteiger partial charge on any atom is 0.161 e. The van der Waals surface area contributed by atoms with Crippen LogP contribution < -0.4 is 4.74 Å². The van der Waals surface area contributed by atoms with Gasteiger partial charge >= 0.3 is 0 Å². The number of thiocarbonyl (C=S) groups is 1. The van der Waals surface area contributed by atoms with Crippen molar-refractivity contribution in [2.24, 2.45) is 0 Å². The molecule has 1 N–H and O–H groups in total. The van der Waals surface area contributed by atoms with Crippen molar-refractivity contribution in [1.29, 1.82) is 0 Å². The van der Waals surface area contributed by atoms with Crippen LogP contribution in [-0.2, 0) is 13.0 Å². The molecule has 0 radical (unpaired) electrons. The van der Waals surface area contributed by atoms with Crippen molar-refractivity contribution in [2.45, 2.75) is 19.9 Å². The molecule has 0 bridgehead atoms. The fraction of sp³-hybridized carbons (Fsp3) is 0.278. The van der Waals surface area contributed by atoms with Crippen molar-refractivity contribution in [3.05, 3.63) is 59.2 Å². The number of fused-ring (bicyclic) bond motifs is 1. The Labute approximate surface area is 136 Å². The van der Waals surface area contributed by atoms with Gasteiger partial charge in [-0.05, 0) is 42.7 Å². The minimum Gasteiger partial charge on any atom is -0.504 e. The molecule has 0 aliphatic carbocycles. The minimum absolute atomic E-state index is 0.150. The van der Waals surface area contributed by atoms with E-state index in [2.05, 4.69) is 29.2 Å². The number of phenolic OH excluding ortho intramolecular Hbond substituents is 1. The fourth-order valence-corrected chi connectivity index (χ4v) is 3.05. The second kappa shape index (κ2) is 6.36. The molecule has 22 heavy (non-hydrogen) atoms. The molecule has 0 spiro atoms. The molecule has 0 saturated carbocycles. The van der Waals surface area contributed by atoms with Crippen LogP contribution in [-0.4, -0.2) is 28.1 Å². The van der Waals surface area contributed by atoms with Gasteiger partial charge in [0.25, 0.3) is 0 Å². The first kappa shape index (κ1) is 14.9. The van der Waals surface area contributed by atoms with Crippen LogP contribution in [0.25, 0.3) is 0 Å². The number of hydrogen-bond donors (Lipinski definition) is 1. The highest BCUT2D eigenvalue weighted by Crippen LogP contribution is 2.28. The second-order valence-corrected chi connectivity index (χ2v) is 5.75. The van der Waals surface area contributed by atoms with E-state index >= 15 is 0 Å². The number of nitrogens with zero attached hydrogens (tertiary/aromatic N) is 1. The lowest BCUT2D eigenvalue weighted by molar-refractivity contribution is 0.318. The first-order valence-electron chi connectivity index (χ1n) is 7.51. The molecule has 2 aromatic carbocycles. The first-order chi connectivity index (χ1) is 10.7. The van der Waals surface area contributed by atoms with E-state index < -0.39 is 0 Å². The fourth-order valence-electron chi connectivity index (χ4n) is 2.77. The number of hydrogen-bond acceptors (Lipinski definition) is 3. The van der Waals surface area contributed by atoms with E-state index in [4.69, 9.17) is 17.0 Å². The molecule has 4 heteroatoms. The average Bonchev–Trinajstić information content (AvgIpc) is 2.56. The van der Waals surface area contributed by atoms with Gasteiger partial charge < -0.3 is 14.7 Å². The van der Waals surface area contributed by atoms with Crippen molar-refractivity contribution < 1.29 is 9.84 Å². The van der Waals surface area contributed by atoms with E-state index in [1.165, 1.54) is 11.1 Å². The van der Waals surface area contributed by atoms with Crippen molar-refractivity contribution in [3.8, 4) is 11.5 Å². The third kappa shape index (κ3) is 2.92. The van der Waals surface area contributed by atoms with E-state index in [9.17, 15) is 5.11 Å². The molecular weight excluding hydrogens is 294 g/mol. The number of phenols is 1. The Morgan fingerprint density at radius 1 is 1.23 bits per heavy atom. The average molecular weight is 313 g/mol. The normalized spacial score (nSPS) is 13.6. The predicted molar refractivity (Wildman–Crippen MR) is 91.5 cm³/mol. The van der Waals surface area contributed by atoms with Crippen LogP contribution in [0.1, 0.15) is 23.6 Å².